The summed E-state index contributed by atoms with van der Waals surface area (Å²) in [5, 5.41) is 0. The number of rotatable bonds is 7. The minimum Gasteiger partial charge on any atom is -0.253 e. The zero-order chi connectivity index (χ0) is 42.2. The molecule has 4 fully saturated rings. The Balaban J connectivity index is 0.941. The molecule has 7 heteroatoms. The second-order valence-corrected chi connectivity index (χ2v) is 18.2. The molecular weight excluding hydrogens is 783 g/mol. The van der Waals surface area contributed by atoms with E-state index in [-0.39, 0.29) is 5.41 Å². The normalized spacial score (nSPS) is 21.2. The van der Waals surface area contributed by atoms with Crippen LogP contribution in [0.4, 0.5) is 0 Å². The Hall–Kier alpha value is -7.51. The molecule has 0 saturated heterocycles. The Labute approximate surface area is 372 Å². The molecule has 3 heterocycles. The smallest absolute Gasteiger partial charge is 0.182 e. The van der Waals surface area contributed by atoms with Crippen LogP contribution in [-0.2, 0) is 5.41 Å². The van der Waals surface area contributed by atoms with Crippen molar-refractivity contribution < 1.29 is 0 Å². The molecule has 4 saturated carbocycles. The number of fused-ring (bicyclic) bond motifs is 3. The van der Waals surface area contributed by atoms with Crippen molar-refractivity contribution in [3.8, 4) is 90.7 Å². The van der Waals surface area contributed by atoms with Gasteiger partial charge in [0, 0.05) is 39.4 Å². The molecule has 14 rings (SSSR count). The molecule has 7 nitrogen and oxygen atoms in total. The quantitative estimate of drug-likeness (QED) is 0.158. The molecule has 0 unspecified atom stereocenters. The lowest BCUT2D eigenvalue weighted by atomic mass is 9.43. The van der Waals surface area contributed by atoms with E-state index < -0.39 is 0 Å². The standard InChI is InChI=1S/C57H43N7/c1-5-13-37(14-6-1)51-59-52(38-15-7-2-8-16-38)62-55(61-51)43-22-24-47-46-23-21-41(32-48(46)57(49(47)33-43)44-28-35-27-36(30-44)31-45(57)29-35)42-25-26-58-50(34-42)56-63-53(39-17-9-3-10-18-39)60-54(64-56)40-19-11-4-12-20-40/h1-26,32-36,44-45H,27-31H2. The maximum absolute atomic E-state index is 5.19. The third-order valence-electron chi connectivity index (χ3n) is 14.6. The van der Waals surface area contributed by atoms with Gasteiger partial charge in [-0.1, -0.05) is 146 Å². The molecule has 64 heavy (non-hydrogen) atoms. The third-order valence-corrected chi connectivity index (χ3v) is 14.6. The van der Waals surface area contributed by atoms with Crippen LogP contribution in [0.15, 0.2) is 176 Å². The van der Waals surface area contributed by atoms with Crippen LogP contribution < -0.4 is 0 Å². The lowest BCUT2D eigenvalue weighted by Gasteiger charge is -2.61. The van der Waals surface area contributed by atoms with Gasteiger partial charge in [0.2, 0.25) is 0 Å². The topological polar surface area (TPSA) is 90.2 Å². The lowest BCUT2D eigenvalue weighted by Crippen LogP contribution is -2.55. The maximum Gasteiger partial charge on any atom is 0.182 e. The van der Waals surface area contributed by atoms with Gasteiger partial charge < -0.3 is 0 Å². The Bertz CT molecular complexity index is 3080. The number of pyridine rings is 1. The van der Waals surface area contributed by atoms with Crippen molar-refractivity contribution in [3.63, 3.8) is 0 Å². The van der Waals surface area contributed by atoms with Gasteiger partial charge in [0.15, 0.2) is 34.9 Å². The molecule has 9 aromatic rings. The van der Waals surface area contributed by atoms with E-state index in [0.29, 0.717) is 52.5 Å². The van der Waals surface area contributed by atoms with Crippen LogP contribution >= 0.6 is 0 Å². The fraction of sp³-hybridized carbons (Fsp3) is 0.175. The Morgan fingerprint density at radius 1 is 0.328 bits per heavy atom. The number of hydrogen-bond donors (Lipinski definition) is 0. The largest absolute Gasteiger partial charge is 0.253 e. The highest BCUT2D eigenvalue weighted by atomic mass is 15.1. The van der Waals surface area contributed by atoms with Crippen LogP contribution in [0.2, 0.25) is 0 Å². The molecule has 0 radical (unpaired) electrons. The minimum absolute atomic E-state index is 0.0824. The van der Waals surface area contributed by atoms with Crippen molar-refractivity contribution >= 4 is 0 Å². The van der Waals surface area contributed by atoms with Crippen LogP contribution in [-0.4, -0.2) is 34.9 Å². The number of aromatic nitrogens is 7. The highest BCUT2D eigenvalue weighted by Gasteiger charge is 2.61. The molecule has 0 N–H and O–H groups in total. The fourth-order valence-corrected chi connectivity index (χ4v) is 12.1. The summed E-state index contributed by atoms with van der Waals surface area (Å²) in [6.45, 7) is 0. The summed E-state index contributed by atoms with van der Waals surface area (Å²) in [6.07, 6.45) is 8.44. The first-order chi connectivity index (χ1) is 31.6. The molecule has 3 aromatic heterocycles. The van der Waals surface area contributed by atoms with E-state index in [9.17, 15) is 0 Å². The number of nitrogens with zero attached hydrogens (tertiary/aromatic N) is 7. The van der Waals surface area contributed by atoms with Gasteiger partial charge in [0.25, 0.3) is 0 Å². The molecule has 0 atom stereocenters. The van der Waals surface area contributed by atoms with Gasteiger partial charge in [-0.3, -0.25) is 4.98 Å². The van der Waals surface area contributed by atoms with E-state index in [1.165, 1.54) is 59.9 Å². The van der Waals surface area contributed by atoms with Crippen LogP contribution in [0.25, 0.3) is 90.7 Å². The molecule has 1 spiro atoms. The second kappa shape index (κ2) is 14.8. The summed E-state index contributed by atoms with van der Waals surface area (Å²) in [5.74, 6) is 6.69. The van der Waals surface area contributed by atoms with E-state index in [2.05, 4.69) is 72.8 Å². The molecule has 5 aliphatic rings. The first-order valence-electron chi connectivity index (χ1n) is 22.6. The van der Waals surface area contributed by atoms with Gasteiger partial charge in [0.05, 0.1) is 0 Å². The minimum atomic E-state index is -0.0824. The zero-order valence-corrected chi connectivity index (χ0v) is 35.2. The fourth-order valence-electron chi connectivity index (χ4n) is 12.1. The predicted molar refractivity (Wildman–Crippen MR) is 252 cm³/mol. The van der Waals surface area contributed by atoms with Crippen LogP contribution in [0, 0.1) is 23.7 Å². The second-order valence-electron chi connectivity index (χ2n) is 18.2. The highest BCUT2D eigenvalue weighted by Crippen LogP contribution is 2.69. The van der Waals surface area contributed by atoms with Gasteiger partial charge in [-0.25, -0.2) is 29.9 Å². The Morgan fingerprint density at radius 3 is 1.16 bits per heavy atom. The van der Waals surface area contributed by atoms with Gasteiger partial charge >= 0.3 is 0 Å². The van der Waals surface area contributed by atoms with E-state index in [0.717, 1.165) is 45.2 Å². The SMILES string of the molecule is c1ccc(-c2nc(-c3ccccc3)nc(-c3ccc4c(c3)C3(c5cc(-c6ccnc(-c7nc(-c8ccccc8)nc(-c8ccccc8)n7)c6)ccc5-4)C4CC5CC(C4)CC3C5)n2)cc1. The Kier molecular flexibility index (Phi) is 8.58. The summed E-state index contributed by atoms with van der Waals surface area (Å²) in [6, 6.07) is 59.3. The molecule has 0 amide bonds. The summed E-state index contributed by atoms with van der Waals surface area (Å²) < 4.78 is 0. The van der Waals surface area contributed by atoms with Crippen molar-refractivity contribution in [2.45, 2.75) is 37.5 Å². The first-order valence-corrected chi connectivity index (χ1v) is 22.6. The summed E-state index contributed by atoms with van der Waals surface area (Å²) in [4.78, 5) is 35.2. The Morgan fingerprint density at radius 2 is 0.703 bits per heavy atom. The molecular formula is C57H43N7. The van der Waals surface area contributed by atoms with Crippen molar-refractivity contribution in [2.75, 3.05) is 0 Å². The van der Waals surface area contributed by atoms with Crippen LogP contribution in [0.3, 0.4) is 0 Å². The van der Waals surface area contributed by atoms with Crippen molar-refractivity contribution in [1.82, 2.24) is 34.9 Å². The molecule has 5 aliphatic carbocycles. The van der Waals surface area contributed by atoms with Crippen LogP contribution in [0.1, 0.15) is 43.2 Å². The van der Waals surface area contributed by atoms with Crippen molar-refractivity contribution in [2.24, 2.45) is 23.7 Å². The summed E-state index contributed by atoms with van der Waals surface area (Å²) in [5.41, 5.74) is 13.4. The first kappa shape index (κ1) is 37.1. The molecule has 6 aromatic carbocycles. The van der Waals surface area contributed by atoms with Gasteiger partial charge in [0.1, 0.15) is 5.69 Å². The van der Waals surface area contributed by atoms with Gasteiger partial charge in [-0.2, -0.15) is 0 Å². The van der Waals surface area contributed by atoms with Gasteiger partial charge in [-0.15, -0.1) is 0 Å². The molecule has 4 bridgehead atoms. The van der Waals surface area contributed by atoms with E-state index in [1.54, 1.807) is 0 Å². The maximum atomic E-state index is 5.19. The predicted octanol–water partition coefficient (Wildman–Crippen LogP) is 12.8. The number of benzene rings is 6. The average molecular weight is 826 g/mol. The van der Waals surface area contributed by atoms with Crippen molar-refractivity contribution in [1.29, 1.82) is 0 Å². The number of hydrogen-bond acceptors (Lipinski definition) is 7. The zero-order valence-electron chi connectivity index (χ0n) is 35.2. The lowest BCUT2D eigenvalue weighted by molar-refractivity contribution is -0.0399. The summed E-state index contributed by atoms with van der Waals surface area (Å²) >= 11 is 0. The molecule has 0 aliphatic heterocycles. The van der Waals surface area contributed by atoms with E-state index in [4.69, 9.17) is 34.9 Å². The van der Waals surface area contributed by atoms with E-state index in [1.807, 2.05) is 103 Å². The molecule has 306 valence electrons. The van der Waals surface area contributed by atoms with E-state index >= 15 is 0 Å². The third kappa shape index (κ3) is 6.05. The van der Waals surface area contributed by atoms with Crippen molar-refractivity contribution in [3.05, 3.63) is 187 Å². The van der Waals surface area contributed by atoms with Gasteiger partial charge in [-0.05, 0) is 113 Å². The average Bonchev–Trinajstić information content (AvgIpc) is 3.65. The van der Waals surface area contributed by atoms with Crippen LogP contribution in [0.5, 0.6) is 0 Å². The summed E-state index contributed by atoms with van der Waals surface area (Å²) in [7, 11) is 0. The highest BCUT2D eigenvalue weighted by molar-refractivity contribution is 5.87. The monoisotopic (exact) mass is 825 g/mol.